The molecule has 0 aliphatic carbocycles. The first kappa shape index (κ1) is 8.97. The zero-order chi connectivity index (χ0) is 8.97. The maximum atomic E-state index is 4.98. The van der Waals surface area contributed by atoms with E-state index >= 15 is 0 Å². The average molecular weight is 166 g/mol. The third-order valence-electron chi connectivity index (χ3n) is 1.47. The molecule has 3 nitrogen and oxygen atoms in total. The molecule has 0 atom stereocenters. The fourth-order valence-electron chi connectivity index (χ4n) is 0.768. The van der Waals surface area contributed by atoms with E-state index in [0.29, 0.717) is 11.8 Å². The molecule has 1 aromatic rings. The molecule has 1 heterocycles. The lowest BCUT2D eigenvalue weighted by molar-refractivity contribution is 0.400. The Morgan fingerprint density at radius 3 is 2.75 bits per heavy atom. The fraction of sp³-hybridized carbons (Fsp3) is 0.556. The van der Waals surface area contributed by atoms with Crippen molar-refractivity contribution >= 4 is 6.08 Å². The van der Waals surface area contributed by atoms with Gasteiger partial charge in [0.05, 0.1) is 0 Å². The van der Waals surface area contributed by atoms with Crippen LogP contribution < -0.4 is 0 Å². The van der Waals surface area contributed by atoms with E-state index in [1.165, 1.54) is 0 Å². The Balaban J connectivity index is 2.70. The van der Waals surface area contributed by atoms with Crippen molar-refractivity contribution in [1.29, 1.82) is 0 Å². The Hall–Kier alpha value is -1.12. The molecular weight excluding hydrogens is 152 g/mol. The van der Waals surface area contributed by atoms with E-state index in [4.69, 9.17) is 4.52 Å². The van der Waals surface area contributed by atoms with Gasteiger partial charge in [0.1, 0.15) is 0 Å². The first-order chi connectivity index (χ1) is 5.74. The van der Waals surface area contributed by atoms with Crippen molar-refractivity contribution in [3.8, 4) is 0 Å². The van der Waals surface area contributed by atoms with E-state index in [1.807, 2.05) is 26.0 Å². The summed E-state index contributed by atoms with van der Waals surface area (Å²) in [6.45, 7) is 6.15. The van der Waals surface area contributed by atoms with Gasteiger partial charge in [-0.15, -0.1) is 0 Å². The van der Waals surface area contributed by atoms with Crippen LogP contribution in [-0.2, 0) is 0 Å². The van der Waals surface area contributed by atoms with Crippen LogP contribution in [0.3, 0.4) is 0 Å². The third-order valence-corrected chi connectivity index (χ3v) is 1.47. The molecule has 0 N–H and O–H groups in total. The molecule has 0 unspecified atom stereocenters. The third kappa shape index (κ3) is 2.19. The highest BCUT2D eigenvalue weighted by Gasteiger charge is 2.06. The minimum absolute atomic E-state index is 0.331. The zero-order valence-corrected chi connectivity index (χ0v) is 7.74. The molecule has 0 aromatic carbocycles. The highest BCUT2D eigenvalue weighted by atomic mass is 16.5. The number of nitrogens with zero attached hydrogens (tertiary/aromatic N) is 2. The quantitative estimate of drug-likeness (QED) is 0.692. The van der Waals surface area contributed by atoms with Crippen LogP contribution in [0, 0.1) is 0 Å². The predicted molar refractivity (Wildman–Crippen MR) is 47.7 cm³/mol. The summed E-state index contributed by atoms with van der Waals surface area (Å²) in [5, 5.41) is 3.83. The van der Waals surface area contributed by atoms with Gasteiger partial charge >= 0.3 is 0 Å². The predicted octanol–water partition coefficient (Wildman–Crippen LogP) is 2.62. The summed E-state index contributed by atoms with van der Waals surface area (Å²) in [6.07, 6.45) is 4.83. The van der Waals surface area contributed by atoms with Crippen molar-refractivity contribution in [2.45, 2.75) is 33.1 Å². The summed E-state index contributed by atoms with van der Waals surface area (Å²) >= 11 is 0. The maximum Gasteiger partial charge on any atom is 0.250 e. The van der Waals surface area contributed by atoms with Gasteiger partial charge in [0.2, 0.25) is 5.89 Å². The minimum Gasteiger partial charge on any atom is -0.335 e. The normalized spacial score (nSPS) is 11.7. The summed E-state index contributed by atoms with van der Waals surface area (Å²) in [4.78, 5) is 4.18. The van der Waals surface area contributed by atoms with Gasteiger partial charge in [-0.1, -0.05) is 32.0 Å². The molecule has 0 saturated carbocycles. The molecule has 1 aromatic heterocycles. The van der Waals surface area contributed by atoms with Crippen molar-refractivity contribution in [3.63, 3.8) is 0 Å². The molecule has 0 fully saturated rings. The van der Waals surface area contributed by atoms with Crippen LogP contribution in [0.15, 0.2) is 10.6 Å². The van der Waals surface area contributed by atoms with Crippen LogP contribution in [0.25, 0.3) is 6.08 Å². The van der Waals surface area contributed by atoms with Crippen molar-refractivity contribution in [2.24, 2.45) is 0 Å². The van der Waals surface area contributed by atoms with Crippen LogP contribution in [0.1, 0.15) is 44.8 Å². The Kier molecular flexibility index (Phi) is 3.02. The SMILES string of the molecule is CC/C=C/c1nc(C(C)C)no1. The van der Waals surface area contributed by atoms with Gasteiger partial charge in [0.25, 0.3) is 0 Å². The van der Waals surface area contributed by atoms with E-state index in [0.717, 1.165) is 12.2 Å². The molecule has 0 bridgehead atoms. The average Bonchev–Trinajstić information content (AvgIpc) is 2.48. The largest absolute Gasteiger partial charge is 0.335 e. The van der Waals surface area contributed by atoms with Crippen molar-refractivity contribution in [2.75, 3.05) is 0 Å². The molecule has 0 radical (unpaired) electrons. The molecule has 0 aliphatic rings. The second-order valence-electron chi connectivity index (χ2n) is 2.96. The Labute approximate surface area is 72.5 Å². The van der Waals surface area contributed by atoms with E-state index in [1.54, 1.807) is 0 Å². The summed E-state index contributed by atoms with van der Waals surface area (Å²) in [7, 11) is 0. The lowest BCUT2D eigenvalue weighted by Crippen LogP contribution is -1.88. The number of aromatic nitrogens is 2. The van der Waals surface area contributed by atoms with Gasteiger partial charge in [-0.2, -0.15) is 4.98 Å². The Morgan fingerprint density at radius 1 is 1.50 bits per heavy atom. The Bertz CT molecular complexity index is 263. The summed E-state index contributed by atoms with van der Waals surface area (Å²) < 4.78 is 4.98. The molecule has 0 saturated heterocycles. The molecule has 0 aliphatic heterocycles. The maximum absolute atomic E-state index is 4.98. The van der Waals surface area contributed by atoms with Gasteiger partial charge in [-0.3, -0.25) is 0 Å². The van der Waals surface area contributed by atoms with E-state index in [2.05, 4.69) is 17.1 Å². The zero-order valence-electron chi connectivity index (χ0n) is 7.74. The van der Waals surface area contributed by atoms with Crippen molar-refractivity contribution in [3.05, 3.63) is 17.8 Å². The minimum atomic E-state index is 0.331. The van der Waals surface area contributed by atoms with E-state index in [-0.39, 0.29) is 0 Å². The fourth-order valence-corrected chi connectivity index (χ4v) is 0.768. The lowest BCUT2D eigenvalue weighted by atomic mass is 10.2. The van der Waals surface area contributed by atoms with Crippen LogP contribution in [0.5, 0.6) is 0 Å². The van der Waals surface area contributed by atoms with Crippen molar-refractivity contribution < 1.29 is 4.52 Å². The standard InChI is InChI=1S/C9H14N2O/c1-4-5-6-8-10-9(7(2)3)11-12-8/h5-7H,4H2,1-3H3/b6-5+. The monoisotopic (exact) mass is 166 g/mol. The molecule has 12 heavy (non-hydrogen) atoms. The smallest absolute Gasteiger partial charge is 0.250 e. The molecular formula is C9H14N2O. The summed E-state index contributed by atoms with van der Waals surface area (Å²) in [6, 6.07) is 0. The van der Waals surface area contributed by atoms with Gasteiger partial charge in [-0.25, -0.2) is 0 Å². The van der Waals surface area contributed by atoms with Crippen LogP contribution >= 0.6 is 0 Å². The second-order valence-corrected chi connectivity index (χ2v) is 2.96. The van der Waals surface area contributed by atoms with Gasteiger partial charge in [0, 0.05) is 5.92 Å². The molecule has 0 amide bonds. The van der Waals surface area contributed by atoms with Crippen LogP contribution in [0.2, 0.25) is 0 Å². The number of rotatable bonds is 3. The first-order valence-electron chi connectivity index (χ1n) is 4.24. The number of hydrogen-bond acceptors (Lipinski definition) is 3. The van der Waals surface area contributed by atoms with Crippen LogP contribution in [-0.4, -0.2) is 10.1 Å². The second kappa shape index (κ2) is 4.04. The van der Waals surface area contributed by atoms with E-state index < -0.39 is 0 Å². The highest BCUT2D eigenvalue weighted by molar-refractivity contribution is 5.36. The van der Waals surface area contributed by atoms with Gasteiger partial charge in [-0.05, 0) is 12.5 Å². The molecule has 66 valence electrons. The topological polar surface area (TPSA) is 38.9 Å². The van der Waals surface area contributed by atoms with Crippen molar-refractivity contribution in [1.82, 2.24) is 10.1 Å². The molecule has 0 spiro atoms. The van der Waals surface area contributed by atoms with Gasteiger partial charge in [0.15, 0.2) is 5.82 Å². The lowest BCUT2D eigenvalue weighted by Gasteiger charge is -1.91. The highest BCUT2D eigenvalue weighted by Crippen LogP contribution is 2.10. The first-order valence-corrected chi connectivity index (χ1v) is 4.24. The Morgan fingerprint density at radius 2 is 2.25 bits per heavy atom. The number of allylic oxidation sites excluding steroid dienone is 1. The summed E-state index contributed by atoms with van der Waals surface area (Å²) in [5.41, 5.74) is 0. The van der Waals surface area contributed by atoms with Gasteiger partial charge < -0.3 is 4.52 Å². The van der Waals surface area contributed by atoms with Crippen LogP contribution in [0.4, 0.5) is 0 Å². The van der Waals surface area contributed by atoms with E-state index in [9.17, 15) is 0 Å². The summed E-state index contributed by atoms with van der Waals surface area (Å²) in [5.74, 6) is 1.70. The molecule has 3 heteroatoms. The number of hydrogen-bond donors (Lipinski definition) is 0. The molecule has 1 rings (SSSR count).